The van der Waals surface area contributed by atoms with E-state index in [0.29, 0.717) is 19.1 Å². The number of anilines is 1. The number of nitrogens with zero attached hydrogens (tertiary/aromatic N) is 6. The molecule has 2 aliphatic heterocycles. The van der Waals surface area contributed by atoms with Crippen LogP contribution in [0.25, 0.3) is 5.65 Å². The van der Waals surface area contributed by atoms with E-state index < -0.39 is 0 Å². The van der Waals surface area contributed by atoms with Gasteiger partial charge < -0.3 is 14.5 Å². The summed E-state index contributed by atoms with van der Waals surface area (Å²) in [5.41, 5.74) is 0.810. The molecule has 144 valence electrons. The van der Waals surface area contributed by atoms with Gasteiger partial charge in [-0.15, -0.1) is 15.3 Å². The first-order chi connectivity index (χ1) is 13.2. The van der Waals surface area contributed by atoms with E-state index in [1.165, 1.54) is 19.3 Å². The SMILES string of the molecule is CN(C(=O)C1CCOCC1)C1CN(c2ccc3nnc(C4CCC4)n3n2)C1. The first-order valence-corrected chi connectivity index (χ1v) is 10.0. The zero-order chi connectivity index (χ0) is 18.4. The van der Waals surface area contributed by atoms with Crippen LogP contribution in [0.1, 0.15) is 43.8 Å². The number of hydrogen-bond donors (Lipinski definition) is 0. The number of hydrogen-bond acceptors (Lipinski definition) is 6. The molecular weight excluding hydrogens is 344 g/mol. The summed E-state index contributed by atoms with van der Waals surface area (Å²) in [6.07, 6.45) is 5.31. The molecule has 4 heterocycles. The number of likely N-dealkylation sites (N-methyl/N-ethyl adjacent to an activating group) is 1. The number of rotatable bonds is 4. The molecule has 1 aliphatic carbocycles. The Morgan fingerprint density at radius 2 is 1.93 bits per heavy atom. The summed E-state index contributed by atoms with van der Waals surface area (Å²) in [5, 5.41) is 13.4. The van der Waals surface area contributed by atoms with Crippen LogP contribution in [0.4, 0.5) is 5.82 Å². The van der Waals surface area contributed by atoms with Crippen molar-refractivity contribution in [2.75, 3.05) is 38.3 Å². The monoisotopic (exact) mass is 370 g/mol. The Morgan fingerprint density at radius 1 is 1.15 bits per heavy atom. The number of aromatic nitrogens is 4. The van der Waals surface area contributed by atoms with Gasteiger partial charge in [0.25, 0.3) is 0 Å². The highest BCUT2D eigenvalue weighted by Crippen LogP contribution is 2.35. The fourth-order valence-electron chi connectivity index (χ4n) is 4.19. The third kappa shape index (κ3) is 2.96. The molecule has 8 heteroatoms. The van der Waals surface area contributed by atoms with Crippen molar-refractivity contribution in [2.45, 2.75) is 44.1 Å². The number of fused-ring (bicyclic) bond motifs is 1. The van der Waals surface area contributed by atoms with Gasteiger partial charge in [-0.05, 0) is 37.8 Å². The maximum atomic E-state index is 12.7. The number of ether oxygens (including phenoxy) is 1. The second-order valence-corrected chi connectivity index (χ2v) is 8.04. The zero-order valence-electron chi connectivity index (χ0n) is 15.8. The van der Waals surface area contributed by atoms with Gasteiger partial charge >= 0.3 is 0 Å². The van der Waals surface area contributed by atoms with Gasteiger partial charge in [0, 0.05) is 45.2 Å². The van der Waals surface area contributed by atoms with Gasteiger partial charge in [0.2, 0.25) is 5.91 Å². The highest BCUT2D eigenvalue weighted by Gasteiger charge is 2.36. The zero-order valence-corrected chi connectivity index (χ0v) is 15.8. The van der Waals surface area contributed by atoms with Gasteiger partial charge in [0.05, 0.1) is 6.04 Å². The van der Waals surface area contributed by atoms with E-state index in [1.54, 1.807) is 0 Å². The number of amides is 1. The summed E-state index contributed by atoms with van der Waals surface area (Å²) in [7, 11) is 1.94. The first-order valence-electron chi connectivity index (χ1n) is 10.0. The predicted molar refractivity (Wildman–Crippen MR) is 99.7 cm³/mol. The largest absolute Gasteiger partial charge is 0.381 e. The second-order valence-electron chi connectivity index (χ2n) is 8.04. The molecule has 5 rings (SSSR count). The molecular formula is C19H26N6O2. The van der Waals surface area contributed by atoms with E-state index in [1.807, 2.05) is 28.6 Å². The fourth-order valence-corrected chi connectivity index (χ4v) is 4.19. The third-order valence-corrected chi connectivity index (χ3v) is 6.40. The van der Waals surface area contributed by atoms with Crippen LogP contribution < -0.4 is 4.90 Å². The van der Waals surface area contributed by atoms with Crippen molar-refractivity contribution < 1.29 is 9.53 Å². The van der Waals surface area contributed by atoms with Gasteiger partial charge in [-0.2, -0.15) is 4.52 Å². The molecule has 0 N–H and O–H groups in total. The summed E-state index contributed by atoms with van der Waals surface area (Å²) in [6.45, 7) is 3.05. The van der Waals surface area contributed by atoms with Gasteiger partial charge in [-0.3, -0.25) is 4.79 Å². The van der Waals surface area contributed by atoms with Gasteiger partial charge in [0.15, 0.2) is 11.5 Å². The van der Waals surface area contributed by atoms with Crippen LogP contribution in [0.15, 0.2) is 12.1 Å². The van der Waals surface area contributed by atoms with E-state index in [9.17, 15) is 4.79 Å². The molecule has 3 aliphatic rings. The number of carbonyl (C=O) groups is 1. The molecule has 1 saturated carbocycles. The van der Waals surface area contributed by atoms with E-state index in [0.717, 1.165) is 43.2 Å². The molecule has 3 fully saturated rings. The molecule has 0 aromatic carbocycles. The van der Waals surface area contributed by atoms with E-state index in [-0.39, 0.29) is 17.9 Å². The Labute approximate surface area is 158 Å². The van der Waals surface area contributed by atoms with Crippen molar-refractivity contribution in [3.63, 3.8) is 0 Å². The van der Waals surface area contributed by atoms with Crippen molar-refractivity contribution in [2.24, 2.45) is 5.92 Å². The average molecular weight is 370 g/mol. The maximum Gasteiger partial charge on any atom is 0.225 e. The Hall–Kier alpha value is -2.22. The first kappa shape index (κ1) is 16.9. The lowest BCUT2D eigenvalue weighted by Crippen LogP contribution is -2.61. The normalized spacial score (nSPS) is 21.9. The predicted octanol–water partition coefficient (Wildman–Crippen LogP) is 1.47. The highest BCUT2D eigenvalue weighted by molar-refractivity contribution is 5.79. The Bertz CT molecular complexity index is 836. The van der Waals surface area contributed by atoms with Crippen LogP contribution in [0, 0.1) is 5.92 Å². The summed E-state index contributed by atoms with van der Waals surface area (Å²) < 4.78 is 7.28. The lowest BCUT2D eigenvalue weighted by atomic mass is 9.85. The summed E-state index contributed by atoms with van der Waals surface area (Å²) >= 11 is 0. The van der Waals surface area contributed by atoms with Crippen LogP contribution in [0.3, 0.4) is 0 Å². The highest BCUT2D eigenvalue weighted by atomic mass is 16.5. The van der Waals surface area contributed by atoms with Crippen LogP contribution in [-0.2, 0) is 9.53 Å². The van der Waals surface area contributed by atoms with Gasteiger partial charge in [0.1, 0.15) is 5.82 Å². The second kappa shape index (κ2) is 6.74. The van der Waals surface area contributed by atoms with Gasteiger partial charge in [-0.25, -0.2) is 0 Å². The third-order valence-electron chi connectivity index (χ3n) is 6.40. The molecule has 27 heavy (non-hydrogen) atoms. The van der Waals surface area contributed by atoms with Crippen LogP contribution >= 0.6 is 0 Å². The Morgan fingerprint density at radius 3 is 2.63 bits per heavy atom. The van der Waals surface area contributed by atoms with Crippen molar-refractivity contribution in [3.8, 4) is 0 Å². The van der Waals surface area contributed by atoms with E-state index in [4.69, 9.17) is 9.84 Å². The molecule has 2 aromatic heterocycles. The fraction of sp³-hybridized carbons (Fsp3) is 0.684. The van der Waals surface area contributed by atoms with Gasteiger partial charge in [-0.1, -0.05) is 6.42 Å². The molecule has 0 bridgehead atoms. The average Bonchev–Trinajstić information content (AvgIpc) is 3.02. The molecule has 2 aromatic rings. The van der Waals surface area contributed by atoms with Crippen molar-refractivity contribution in [1.82, 2.24) is 24.7 Å². The summed E-state index contributed by atoms with van der Waals surface area (Å²) in [4.78, 5) is 16.8. The van der Waals surface area contributed by atoms with Crippen LogP contribution in [-0.4, -0.2) is 70.0 Å². The van der Waals surface area contributed by atoms with Crippen LogP contribution in [0.5, 0.6) is 0 Å². The number of carbonyl (C=O) groups excluding carboxylic acids is 1. The molecule has 0 spiro atoms. The molecule has 2 saturated heterocycles. The molecule has 0 atom stereocenters. The van der Waals surface area contributed by atoms with Crippen LogP contribution in [0.2, 0.25) is 0 Å². The Kier molecular flexibility index (Phi) is 4.22. The van der Waals surface area contributed by atoms with Crippen molar-refractivity contribution >= 4 is 17.4 Å². The molecule has 0 radical (unpaired) electrons. The minimum Gasteiger partial charge on any atom is -0.381 e. The minimum atomic E-state index is 0.120. The van der Waals surface area contributed by atoms with Crippen molar-refractivity contribution in [3.05, 3.63) is 18.0 Å². The van der Waals surface area contributed by atoms with Crippen molar-refractivity contribution in [1.29, 1.82) is 0 Å². The molecule has 1 amide bonds. The topological polar surface area (TPSA) is 75.9 Å². The lowest BCUT2D eigenvalue weighted by Gasteiger charge is -2.45. The quantitative estimate of drug-likeness (QED) is 0.811. The summed E-state index contributed by atoms with van der Waals surface area (Å²) in [5.74, 6) is 2.80. The van der Waals surface area contributed by atoms with E-state index in [2.05, 4.69) is 15.1 Å². The van der Waals surface area contributed by atoms with E-state index >= 15 is 0 Å². The lowest BCUT2D eigenvalue weighted by molar-refractivity contribution is -0.139. The molecule has 8 nitrogen and oxygen atoms in total. The smallest absolute Gasteiger partial charge is 0.225 e. The maximum absolute atomic E-state index is 12.7. The standard InChI is InChI=1S/C19H26N6O2/c1-23(19(26)14-7-9-27-10-8-14)15-11-24(12-15)17-6-5-16-20-21-18(25(16)22-17)13-3-2-4-13/h5-6,13-15H,2-4,7-12H2,1H3. The summed E-state index contributed by atoms with van der Waals surface area (Å²) in [6, 6.07) is 4.25. The molecule has 0 unspecified atom stereocenters. The minimum absolute atomic E-state index is 0.120. The Balaban J connectivity index is 1.25.